The van der Waals surface area contributed by atoms with Crippen molar-refractivity contribution in [3.8, 4) is 0 Å². The van der Waals surface area contributed by atoms with Crippen LogP contribution in [0.1, 0.15) is 5.56 Å². The summed E-state index contributed by atoms with van der Waals surface area (Å²) in [7, 11) is 0. The van der Waals surface area contributed by atoms with Gasteiger partial charge in [0.05, 0.1) is 0 Å². The SMILES string of the molecule is Cc1cc(Br)c(I)cc1S. The summed E-state index contributed by atoms with van der Waals surface area (Å²) >= 11 is 10.00. The summed E-state index contributed by atoms with van der Waals surface area (Å²) in [5, 5.41) is 0. The Morgan fingerprint density at radius 2 is 2.10 bits per heavy atom. The van der Waals surface area contributed by atoms with E-state index in [9.17, 15) is 0 Å². The van der Waals surface area contributed by atoms with Crippen LogP contribution in [0, 0.1) is 10.5 Å². The van der Waals surface area contributed by atoms with Gasteiger partial charge in [-0.1, -0.05) is 0 Å². The van der Waals surface area contributed by atoms with Crippen molar-refractivity contribution in [3.05, 3.63) is 25.7 Å². The molecule has 0 aliphatic carbocycles. The average molecular weight is 329 g/mol. The quantitative estimate of drug-likeness (QED) is 0.545. The Balaban J connectivity index is 3.28. The molecule has 0 heterocycles. The number of hydrogen-bond donors (Lipinski definition) is 1. The predicted octanol–water partition coefficient (Wildman–Crippen LogP) is 3.65. The molecule has 10 heavy (non-hydrogen) atoms. The molecule has 0 fully saturated rings. The lowest BCUT2D eigenvalue weighted by Crippen LogP contribution is -1.79. The van der Waals surface area contributed by atoms with E-state index in [1.165, 1.54) is 9.13 Å². The van der Waals surface area contributed by atoms with Gasteiger partial charge in [-0.3, -0.25) is 0 Å². The first-order chi connectivity index (χ1) is 4.61. The molecule has 0 nitrogen and oxygen atoms in total. The summed E-state index contributed by atoms with van der Waals surface area (Å²) < 4.78 is 2.34. The minimum absolute atomic E-state index is 1.05. The van der Waals surface area contributed by atoms with Crippen LogP contribution in [0.3, 0.4) is 0 Å². The van der Waals surface area contributed by atoms with Crippen LogP contribution >= 0.6 is 51.1 Å². The second-order valence-corrected chi connectivity index (χ2v) is 4.55. The average Bonchev–Trinajstić information content (AvgIpc) is 1.84. The molecule has 3 heteroatoms. The highest BCUT2D eigenvalue weighted by Crippen LogP contribution is 2.24. The maximum Gasteiger partial charge on any atom is 0.0312 e. The van der Waals surface area contributed by atoms with E-state index < -0.39 is 0 Å². The fourth-order valence-corrected chi connectivity index (χ4v) is 2.00. The first kappa shape index (κ1) is 8.87. The molecule has 54 valence electrons. The van der Waals surface area contributed by atoms with Crippen molar-refractivity contribution in [3.63, 3.8) is 0 Å². The molecule has 0 spiro atoms. The van der Waals surface area contributed by atoms with Gasteiger partial charge in [-0.25, -0.2) is 0 Å². The topological polar surface area (TPSA) is 0 Å². The largest absolute Gasteiger partial charge is 0.143 e. The molecule has 1 aromatic carbocycles. The lowest BCUT2D eigenvalue weighted by atomic mass is 10.2. The van der Waals surface area contributed by atoms with E-state index in [-0.39, 0.29) is 0 Å². The highest BCUT2D eigenvalue weighted by atomic mass is 127. The van der Waals surface area contributed by atoms with E-state index in [0.717, 1.165) is 9.37 Å². The van der Waals surface area contributed by atoms with Gasteiger partial charge in [-0.15, -0.1) is 12.6 Å². The first-order valence-electron chi connectivity index (χ1n) is 2.76. The van der Waals surface area contributed by atoms with Gasteiger partial charge in [0, 0.05) is 12.9 Å². The van der Waals surface area contributed by atoms with Gasteiger partial charge in [0.25, 0.3) is 0 Å². The summed E-state index contributed by atoms with van der Waals surface area (Å²) in [4.78, 5) is 1.05. The van der Waals surface area contributed by atoms with Crippen molar-refractivity contribution in [1.29, 1.82) is 0 Å². The maximum atomic E-state index is 4.29. The van der Waals surface area contributed by atoms with Crippen molar-refractivity contribution in [1.82, 2.24) is 0 Å². The van der Waals surface area contributed by atoms with Crippen LogP contribution < -0.4 is 0 Å². The van der Waals surface area contributed by atoms with Gasteiger partial charge in [-0.05, 0) is 63.1 Å². The van der Waals surface area contributed by atoms with Crippen molar-refractivity contribution in [2.45, 2.75) is 11.8 Å². The molecule has 0 unspecified atom stereocenters. The van der Waals surface area contributed by atoms with Crippen molar-refractivity contribution < 1.29 is 0 Å². The molecule has 0 aliphatic heterocycles. The summed E-state index contributed by atoms with van der Waals surface area (Å²) in [6.07, 6.45) is 0. The highest BCUT2D eigenvalue weighted by molar-refractivity contribution is 14.1. The number of aryl methyl sites for hydroxylation is 1. The van der Waals surface area contributed by atoms with Crippen molar-refractivity contribution in [2.75, 3.05) is 0 Å². The smallest absolute Gasteiger partial charge is 0.0312 e. The Labute approximate surface area is 88.1 Å². The van der Waals surface area contributed by atoms with Gasteiger partial charge in [-0.2, -0.15) is 0 Å². The summed E-state index contributed by atoms with van der Waals surface area (Å²) in [6, 6.07) is 4.12. The van der Waals surface area contributed by atoms with Crippen LogP contribution in [-0.4, -0.2) is 0 Å². The number of benzene rings is 1. The summed E-state index contributed by atoms with van der Waals surface area (Å²) in [5.74, 6) is 0. The Bertz CT molecular complexity index is 210. The standard InChI is InChI=1S/C7H6BrIS/c1-4-2-5(8)6(9)3-7(4)10/h2-3,10H,1H3. The molecule has 0 N–H and O–H groups in total. The van der Waals surface area contributed by atoms with E-state index >= 15 is 0 Å². The van der Waals surface area contributed by atoms with Crippen LogP contribution in [0.2, 0.25) is 0 Å². The Morgan fingerprint density at radius 1 is 1.50 bits per heavy atom. The first-order valence-corrected chi connectivity index (χ1v) is 5.08. The fourth-order valence-electron chi connectivity index (χ4n) is 0.636. The van der Waals surface area contributed by atoms with Crippen molar-refractivity contribution in [2.24, 2.45) is 0 Å². The lowest BCUT2D eigenvalue weighted by Gasteiger charge is -2.00. The maximum absolute atomic E-state index is 4.29. The third-order valence-electron chi connectivity index (χ3n) is 1.24. The van der Waals surface area contributed by atoms with Gasteiger partial charge in [0.1, 0.15) is 0 Å². The number of halogens is 2. The Kier molecular flexibility index (Phi) is 3.06. The molecule has 0 saturated carbocycles. The second kappa shape index (κ2) is 3.45. The zero-order valence-corrected chi connectivity index (χ0v) is 10.00. The Morgan fingerprint density at radius 3 is 2.60 bits per heavy atom. The second-order valence-electron chi connectivity index (χ2n) is 2.05. The van der Waals surface area contributed by atoms with Crippen LogP contribution in [0.4, 0.5) is 0 Å². The summed E-state index contributed by atoms with van der Waals surface area (Å²) in [6.45, 7) is 2.04. The fraction of sp³-hybridized carbons (Fsp3) is 0.143. The molecule has 1 aromatic rings. The normalized spacial score (nSPS) is 10.0. The number of thiol groups is 1. The van der Waals surface area contributed by atoms with E-state index in [0.29, 0.717) is 0 Å². The molecule has 0 atom stereocenters. The number of hydrogen-bond acceptors (Lipinski definition) is 1. The number of rotatable bonds is 0. The zero-order valence-electron chi connectivity index (χ0n) is 5.36. The highest BCUT2D eigenvalue weighted by Gasteiger charge is 1.98. The van der Waals surface area contributed by atoms with E-state index in [1.807, 2.05) is 13.0 Å². The third-order valence-corrected chi connectivity index (χ3v) is 4.01. The van der Waals surface area contributed by atoms with E-state index in [2.05, 4.69) is 57.2 Å². The minimum atomic E-state index is 1.05. The van der Waals surface area contributed by atoms with Gasteiger partial charge in [0.2, 0.25) is 0 Å². The van der Waals surface area contributed by atoms with E-state index in [1.54, 1.807) is 0 Å². The van der Waals surface area contributed by atoms with Crippen LogP contribution in [0.15, 0.2) is 21.5 Å². The van der Waals surface area contributed by atoms with Gasteiger partial charge < -0.3 is 0 Å². The van der Waals surface area contributed by atoms with Gasteiger partial charge >= 0.3 is 0 Å². The molecule has 0 aliphatic rings. The minimum Gasteiger partial charge on any atom is -0.143 e. The molecule has 1 rings (SSSR count). The molecular formula is C7H6BrIS. The van der Waals surface area contributed by atoms with Crippen molar-refractivity contribution >= 4 is 51.1 Å². The third kappa shape index (κ3) is 1.89. The lowest BCUT2D eigenvalue weighted by molar-refractivity contribution is 1.28. The molecule has 0 aromatic heterocycles. The predicted molar refractivity (Wildman–Crippen MR) is 58.8 cm³/mol. The molecule has 0 bridgehead atoms. The van der Waals surface area contributed by atoms with Crippen LogP contribution in [0.25, 0.3) is 0 Å². The summed E-state index contributed by atoms with van der Waals surface area (Å²) in [5.41, 5.74) is 1.20. The molecule has 0 saturated heterocycles. The molecule has 0 amide bonds. The Hall–Kier alpha value is 0.780. The van der Waals surface area contributed by atoms with E-state index in [4.69, 9.17) is 0 Å². The van der Waals surface area contributed by atoms with Crippen LogP contribution in [0.5, 0.6) is 0 Å². The zero-order chi connectivity index (χ0) is 7.72. The molecule has 0 radical (unpaired) electrons. The monoisotopic (exact) mass is 328 g/mol. The van der Waals surface area contributed by atoms with Crippen LogP contribution in [-0.2, 0) is 0 Å². The molecular weight excluding hydrogens is 323 g/mol. The van der Waals surface area contributed by atoms with Gasteiger partial charge in [0.15, 0.2) is 0 Å².